The minimum Gasteiger partial charge on any atom is -0.431 e. The van der Waals surface area contributed by atoms with E-state index in [0.717, 1.165) is 12.8 Å². The molecule has 0 bridgehead atoms. The van der Waals surface area contributed by atoms with Crippen molar-refractivity contribution in [2.45, 2.75) is 77.0 Å². The van der Waals surface area contributed by atoms with Crippen molar-refractivity contribution in [1.29, 1.82) is 0 Å². The highest BCUT2D eigenvalue weighted by molar-refractivity contribution is 5.60. The Balaban J connectivity index is 1.54. The molecule has 0 aromatic carbocycles. The first kappa shape index (κ1) is 14.6. The van der Waals surface area contributed by atoms with Crippen LogP contribution in [-0.2, 0) is 18.9 Å². The molecule has 5 heteroatoms. The first-order valence-corrected chi connectivity index (χ1v) is 6.86. The molecule has 0 N–H and O–H groups in total. The number of rotatable bonds is 5. The van der Waals surface area contributed by atoms with E-state index in [0.29, 0.717) is 6.10 Å². The van der Waals surface area contributed by atoms with Gasteiger partial charge < -0.3 is 18.9 Å². The average molecular weight is 272 g/mol. The molecule has 0 spiro atoms. The molecule has 110 valence electrons. The molecule has 0 saturated carbocycles. The normalized spacial score (nSPS) is 31.7. The van der Waals surface area contributed by atoms with Crippen LogP contribution in [0.4, 0.5) is 4.79 Å². The van der Waals surface area contributed by atoms with Gasteiger partial charge in [0.25, 0.3) is 0 Å². The van der Waals surface area contributed by atoms with Crippen molar-refractivity contribution in [3.05, 3.63) is 0 Å². The largest absolute Gasteiger partial charge is 0.508 e. The van der Waals surface area contributed by atoms with Gasteiger partial charge in [0.2, 0.25) is 0 Å². The number of ether oxygens (including phenoxy) is 4. The number of carbonyl (C=O) groups is 1. The Morgan fingerprint density at radius 2 is 1.84 bits per heavy atom. The predicted molar refractivity (Wildman–Crippen MR) is 69.0 cm³/mol. The van der Waals surface area contributed by atoms with Crippen molar-refractivity contribution >= 4 is 6.16 Å². The topological polar surface area (TPSA) is 60.6 Å². The summed E-state index contributed by atoms with van der Waals surface area (Å²) in [6.07, 6.45) is 1.89. The fourth-order valence-corrected chi connectivity index (χ4v) is 2.06. The average Bonchev–Trinajstić information content (AvgIpc) is 3.08. The third kappa shape index (κ3) is 4.66. The van der Waals surface area contributed by atoms with Crippen LogP contribution in [0.15, 0.2) is 0 Å². The Hall–Kier alpha value is -0.810. The molecule has 2 aliphatic heterocycles. The van der Waals surface area contributed by atoms with Crippen molar-refractivity contribution in [3.8, 4) is 0 Å². The standard InChI is InChI=1S/C14H24O5/c1-13(2,3)19-12(15)16-8-10-9(17-10)6-7-11-14(4,5)18-11/h9-11H,6-8H2,1-5H3/t9-,10-,11+/m0/s1. The third-order valence-corrected chi connectivity index (χ3v) is 3.32. The van der Waals surface area contributed by atoms with E-state index in [-0.39, 0.29) is 24.4 Å². The summed E-state index contributed by atoms with van der Waals surface area (Å²) in [7, 11) is 0. The molecule has 2 saturated heterocycles. The van der Waals surface area contributed by atoms with E-state index in [1.165, 1.54) is 0 Å². The van der Waals surface area contributed by atoms with Gasteiger partial charge in [0.15, 0.2) is 0 Å². The molecule has 0 aliphatic carbocycles. The Kier molecular flexibility index (Phi) is 3.80. The second-order valence-corrected chi connectivity index (χ2v) is 6.78. The van der Waals surface area contributed by atoms with Crippen molar-refractivity contribution in [1.82, 2.24) is 0 Å². The highest BCUT2D eigenvalue weighted by Gasteiger charge is 2.49. The minimum atomic E-state index is -0.631. The van der Waals surface area contributed by atoms with Gasteiger partial charge >= 0.3 is 6.16 Å². The van der Waals surface area contributed by atoms with E-state index in [1.807, 2.05) is 20.8 Å². The molecule has 2 rings (SSSR count). The van der Waals surface area contributed by atoms with Gasteiger partial charge in [0, 0.05) is 0 Å². The number of epoxide rings is 2. The van der Waals surface area contributed by atoms with Gasteiger partial charge in [-0.1, -0.05) is 0 Å². The van der Waals surface area contributed by atoms with E-state index in [9.17, 15) is 4.79 Å². The Morgan fingerprint density at radius 3 is 2.37 bits per heavy atom. The maximum atomic E-state index is 11.3. The second kappa shape index (κ2) is 4.94. The molecular weight excluding hydrogens is 248 g/mol. The summed E-state index contributed by atoms with van der Waals surface area (Å²) in [5.74, 6) is 0. The Bertz CT molecular complexity index is 344. The SMILES string of the molecule is CC(C)(C)OC(=O)OC[C@@H]1O[C@H]1CC[C@H]1OC1(C)C. The summed E-state index contributed by atoms with van der Waals surface area (Å²) in [5, 5.41) is 0. The van der Waals surface area contributed by atoms with E-state index in [2.05, 4.69) is 13.8 Å². The second-order valence-electron chi connectivity index (χ2n) is 6.78. The first-order chi connectivity index (χ1) is 8.67. The zero-order valence-corrected chi connectivity index (χ0v) is 12.4. The summed E-state index contributed by atoms with van der Waals surface area (Å²) >= 11 is 0. The summed E-state index contributed by atoms with van der Waals surface area (Å²) < 4.78 is 21.0. The molecule has 0 aromatic rings. The van der Waals surface area contributed by atoms with Crippen LogP contribution in [0.25, 0.3) is 0 Å². The Labute approximate surface area is 114 Å². The van der Waals surface area contributed by atoms with Crippen LogP contribution in [0, 0.1) is 0 Å². The quantitative estimate of drug-likeness (QED) is 0.569. The molecule has 2 fully saturated rings. The van der Waals surface area contributed by atoms with Gasteiger partial charge in [-0.25, -0.2) is 4.79 Å². The number of carbonyl (C=O) groups excluding carboxylic acids is 1. The Morgan fingerprint density at radius 1 is 1.21 bits per heavy atom. The minimum absolute atomic E-state index is 0.0226. The number of hydrogen-bond donors (Lipinski definition) is 0. The van der Waals surface area contributed by atoms with Gasteiger partial charge in [-0.2, -0.15) is 0 Å². The maximum Gasteiger partial charge on any atom is 0.508 e. The van der Waals surface area contributed by atoms with Gasteiger partial charge in [-0.05, 0) is 47.5 Å². The van der Waals surface area contributed by atoms with Crippen LogP contribution in [0.2, 0.25) is 0 Å². The van der Waals surface area contributed by atoms with E-state index in [4.69, 9.17) is 18.9 Å². The van der Waals surface area contributed by atoms with Crippen molar-refractivity contribution in [3.63, 3.8) is 0 Å². The van der Waals surface area contributed by atoms with E-state index >= 15 is 0 Å². The highest BCUT2D eigenvalue weighted by Crippen LogP contribution is 2.40. The zero-order valence-electron chi connectivity index (χ0n) is 12.4. The lowest BCUT2D eigenvalue weighted by atomic mass is 10.0. The van der Waals surface area contributed by atoms with Gasteiger partial charge in [-0.15, -0.1) is 0 Å². The van der Waals surface area contributed by atoms with Crippen molar-refractivity contribution in [2.24, 2.45) is 0 Å². The fourth-order valence-electron chi connectivity index (χ4n) is 2.06. The van der Waals surface area contributed by atoms with Crippen molar-refractivity contribution < 1.29 is 23.7 Å². The molecule has 19 heavy (non-hydrogen) atoms. The van der Waals surface area contributed by atoms with Crippen LogP contribution < -0.4 is 0 Å². The number of hydrogen-bond acceptors (Lipinski definition) is 5. The van der Waals surface area contributed by atoms with Gasteiger partial charge in [0.05, 0.1) is 17.8 Å². The van der Waals surface area contributed by atoms with Crippen LogP contribution in [-0.4, -0.2) is 42.3 Å². The predicted octanol–water partition coefficient (Wildman–Crippen LogP) is 2.66. The molecule has 0 aromatic heterocycles. The summed E-state index contributed by atoms with van der Waals surface area (Å²) in [5.41, 5.74) is -0.479. The maximum absolute atomic E-state index is 11.3. The lowest BCUT2D eigenvalue weighted by molar-refractivity contribution is -0.00947. The van der Waals surface area contributed by atoms with Crippen LogP contribution >= 0.6 is 0 Å². The molecule has 0 unspecified atom stereocenters. The summed E-state index contributed by atoms with van der Waals surface area (Å²) in [4.78, 5) is 11.3. The summed E-state index contributed by atoms with van der Waals surface area (Å²) in [6, 6.07) is 0. The highest BCUT2D eigenvalue weighted by atomic mass is 16.7. The molecule has 2 heterocycles. The molecule has 2 aliphatic rings. The van der Waals surface area contributed by atoms with E-state index in [1.54, 1.807) is 0 Å². The summed E-state index contributed by atoms with van der Waals surface area (Å²) in [6.45, 7) is 9.88. The molecule has 5 nitrogen and oxygen atoms in total. The molecule has 0 radical (unpaired) electrons. The lowest BCUT2D eigenvalue weighted by Crippen LogP contribution is -2.25. The monoisotopic (exact) mass is 272 g/mol. The molecule has 0 amide bonds. The van der Waals surface area contributed by atoms with Gasteiger partial charge in [-0.3, -0.25) is 0 Å². The third-order valence-electron chi connectivity index (χ3n) is 3.32. The smallest absolute Gasteiger partial charge is 0.431 e. The first-order valence-electron chi connectivity index (χ1n) is 6.86. The molecule has 3 atom stereocenters. The lowest BCUT2D eigenvalue weighted by Gasteiger charge is -2.18. The molecular formula is C14H24O5. The van der Waals surface area contributed by atoms with Crippen LogP contribution in [0.3, 0.4) is 0 Å². The zero-order chi connectivity index (χ0) is 14.3. The van der Waals surface area contributed by atoms with E-state index < -0.39 is 11.8 Å². The fraction of sp³-hybridized carbons (Fsp3) is 0.929. The van der Waals surface area contributed by atoms with Crippen molar-refractivity contribution in [2.75, 3.05) is 6.61 Å². The van der Waals surface area contributed by atoms with Crippen LogP contribution in [0.1, 0.15) is 47.5 Å². The van der Waals surface area contributed by atoms with Gasteiger partial charge in [0.1, 0.15) is 18.3 Å². The van der Waals surface area contributed by atoms with Crippen LogP contribution in [0.5, 0.6) is 0 Å².